The van der Waals surface area contributed by atoms with Crippen LogP contribution in [0, 0.1) is 0 Å². The summed E-state index contributed by atoms with van der Waals surface area (Å²) in [5.74, 6) is -0.239. The monoisotopic (exact) mass is 298 g/mol. The first-order valence-electron chi connectivity index (χ1n) is 6.44. The van der Waals surface area contributed by atoms with E-state index in [1.54, 1.807) is 0 Å². The Morgan fingerprint density at radius 3 is 2.75 bits per heavy atom. The maximum absolute atomic E-state index is 11.9. The highest BCUT2D eigenvalue weighted by molar-refractivity contribution is 7.89. The van der Waals surface area contributed by atoms with Gasteiger partial charge in [0.2, 0.25) is 15.9 Å². The van der Waals surface area contributed by atoms with Crippen LogP contribution in [0.5, 0.6) is 0 Å². The molecule has 7 heteroatoms. The Labute approximate surface area is 118 Å². The Morgan fingerprint density at radius 2 is 2.00 bits per heavy atom. The summed E-state index contributed by atoms with van der Waals surface area (Å²) in [7, 11) is -3.23. The van der Waals surface area contributed by atoms with E-state index in [1.807, 2.05) is 30.3 Å². The van der Waals surface area contributed by atoms with E-state index in [-0.39, 0.29) is 31.4 Å². The fourth-order valence-electron chi connectivity index (χ4n) is 1.92. The smallest absolute Gasteiger partial charge is 0.248 e. The SMILES string of the molecule is O=C(COCc1ccccc1)N1CCNS(=O)(=O)CC1. The molecule has 20 heavy (non-hydrogen) atoms. The molecule has 0 aromatic heterocycles. The predicted molar refractivity (Wildman–Crippen MR) is 74.5 cm³/mol. The number of carbonyl (C=O) groups is 1. The zero-order chi connectivity index (χ0) is 14.4. The van der Waals surface area contributed by atoms with Crippen LogP contribution in [0.15, 0.2) is 30.3 Å². The van der Waals surface area contributed by atoms with Crippen LogP contribution in [0.4, 0.5) is 0 Å². The molecule has 2 rings (SSSR count). The fraction of sp³-hybridized carbons (Fsp3) is 0.462. The van der Waals surface area contributed by atoms with Gasteiger partial charge in [-0.3, -0.25) is 4.79 Å². The normalized spacial score (nSPS) is 18.5. The number of carbonyl (C=O) groups excluding carboxylic acids is 1. The molecule has 1 aliphatic rings. The quantitative estimate of drug-likeness (QED) is 0.846. The third-order valence-corrected chi connectivity index (χ3v) is 4.39. The largest absolute Gasteiger partial charge is 0.367 e. The molecule has 1 aromatic carbocycles. The number of nitrogens with one attached hydrogen (secondary N) is 1. The highest BCUT2D eigenvalue weighted by Gasteiger charge is 2.21. The number of amides is 1. The van der Waals surface area contributed by atoms with Crippen LogP contribution in [0.3, 0.4) is 0 Å². The molecule has 1 N–H and O–H groups in total. The van der Waals surface area contributed by atoms with Crippen LogP contribution in [-0.2, 0) is 26.2 Å². The van der Waals surface area contributed by atoms with Crippen LogP contribution in [0.25, 0.3) is 0 Å². The Bertz CT molecular complexity index is 545. The second-order valence-electron chi connectivity index (χ2n) is 4.57. The zero-order valence-electron chi connectivity index (χ0n) is 11.1. The van der Waals surface area contributed by atoms with Gasteiger partial charge in [0.15, 0.2) is 0 Å². The molecule has 0 bridgehead atoms. The van der Waals surface area contributed by atoms with Crippen molar-refractivity contribution in [2.24, 2.45) is 0 Å². The van der Waals surface area contributed by atoms with Crippen molar-refractivity contribution in [1.82, 2.24) is 9.62 Å². The number of hydrogen-bond acceptors (Lipinski definition) is 4. The molecule has 1 aromatic rings. The molecule has 0 saturated carbocycles. The molecule has 0 unspecified atom stereocenters. The van der Waals surface area contributed by atoms with Crippen molar-refractivity contribution < 1.29 is 17.9 Å². The lowest BCUT2D eigenvalue weighted by molar-refractivity contribution is -0.136. The highest BCUT2D eigenvalue weighted by Crippen LogP contribution is 2.02. The van der Waals surface area contributed by atoms with Gasteiger partial charge in [0.05, 0.1) is 12.4 Å². The van der Waals surface area contributed by atoms with E-state index < -0.39 is 10.0 Å². The highest BCUT2D eigenvalue weighted by atomic mass is 32.2. The number of sulfonamides is 1. The fourth-order valence-corrected chi connectivity index (χ4v) is 2.93. The predicted octanol–water partition coefficient (Wildman–Crippen LogP) is -0.0352. The van der Waals surface area contributed by atoms with Crippen LogP contribution >= 0.6 is 0 Å². The lowest BCUT2D eigenvalue weighted by Gasteiger charge is -2.19. The molecule has 0 aliphatic carbocycles. The van der Waals surface area contributed by atoms with Crippen molar-refractivity contribution in [3.05, 3.63) is 35.9 Å². The average molecular weight is 298 g/mol. The topological polar surface area (TPSA) is 75.7 Å². The van der Waals surface area contributed by atoms with Gasteiger partial charge < -0.3 is 9.64 Å². The van der Waals surface area contributed by atoms with Crippen molar-refractivity contribution in [3.63, 3.8) is 0 Å². The number of rotatable bonds is 4. The molecule has 1 aliphatic heterocycles. The second-order valence-corrected chi connectivity index (χ2v) is 6.50. The van der Waals surface area contributed by atoms with Crippen LogP contribution in [-0.4, -0.2) is 51.2 Å². The number of benzene rings is 1. The van der Waals surface area contributed by atoms with Gasteiger partial charge in [0.25, 0.3) is 0 Å². The van der Waals surface area contributed by atoms with Crippen molar-refractivity contribution in [2.75, 3.05) is 32.0 Å². The van der Waals surface area contributed by atoms with Gasteiger partial charge in [0, 0.05) is 19.6 Å². The van der Waals surface area contributed by atoms with Gasteiger partial charge in [-0.05, 0) is 5.56 Å². The van der Waals surface area contributed by atoms with Gasteiger partial charge >= 0.3 is 0 Å². The maximum Gasteiger partial charge on any atom is 0.248 e. The summed E-state index contributed by atoms with van der Waals surface area (Å²) in [6, 6.07) is 9.58. The number of nitrogens with zero attached hydrogens (tertiary/aromatic N) is 1. The van der Waals surface area contributed by atoms with Crippen LogP contribution in [0.1, 0.15) is 5.56 Å². The van der Waals surface area contributed by atoms with E-state index in [4.69, 9.17) is 4.74 Å². The summed E-state index contributed by atoms with van der Waals surface area (Å²) in [6.45, 7) is 1.19. The number of ether oxygens (including phenoxy) is 1. The molecule has 1 saturated heterocycles. The van der Waals surface area contributed by atoms with Crippen molar-refractivity contribution in [3.8, 4) is 0 Å². The van der Waals surface area contributed by atoms with Gasteiger partial charge in [-0.15, -0.1) is 0 Å². The van der Waals surface area contributed by atoms with Crippen molar-refractivity contribution in [2.45, 2.75) is 6.61 Å². The van der Waals surface area contributed by atoms with E-state index in [2.05, 4.69) is 4.72 Å². The van der Waals surface area contributed by atoms with Crippen LogP contribution in [0.2, 0.25) is 0 Å². The van der Waals surface area contributed by atoms with E-state index in [0.29, 0.717) is 13.2 Å². The van der Waals surface area contributed by atoms with Crippen molar-refractivity contribution in [1.29, 1.82) is 0 Å². The van der Waals surface area contributed by atoms with Gasteiger partial charge in [-0.25, -0.2) is 13.1 Å². The summed E-state index contributed by atoms with van der Waals surface area (Å²) in [6.07, 6.45) is 0. The minimum atomic E-state index is -3.23. The summed E-state index contributed by atoms with van der Waals surface area (Å²) >= 11 is 0. The Kier molecular flexibility index (Phi) is 5.11. The summed E-state index contributed by atoms with van der Waals surface area (Å²) in [4.78, 5) is 13.4. The summed E-state index contributed by atoms with van der Waals surface area (Å²) in [5.41, 5.74) is 1.00. The lowest BCUT2D eigenvalue weighted by Crippen LogP contribution is -2.37. The van der Waals surface area contributed by atoms with Gasteiger partial charge in [-0.2, -0.15) is 0 Å². The molecule has 0 radical (unpaired) electrons. The van der Waals surface area contributed by atoms with E-state index in [0.717, 1.165) is 5.56 Å². The van der Waals surface area contributed by atoms with Crippen molar-refractivity contribution >= 4 is 15.9 Å². The van der Waals surface area contributed by atoms with E-state index in [1.165, 1.54) is 4.90 Å². The van der Waals surface area contributed by atoms with E-state index in [9.17, 15) is 13.2 Å². The Balaban J connectivity index is 1.77. The average Bonchev–Trinajstić information content (AvgIpc) is 2.61. The second kappa shape index (κ2) is 6.83. The first kappa shape index (κ1) is 15.0. The summed E-state index contributed by atoms with van der Waals surface area (Å²) < 4.78 is 30.5. The molecular formula is C13H18N2O4S. The molecule has 1 amide bonds. The molecular weight excluding hydrogens is 280 g/mol. The van der Waals surface area contributed by atoms with Gasteiger partial charge in [0.1, 0.15) is 6.61 Å². The van der Waals surface area contributed by atoms with E-state index >= 15 is 0 Å². The standard InChI is InChI=1S/C13H18N2O4S/c16-13(11-19-10-12-4-2-1-3-5-12)15-7-6-14-20(17,18)9-8-15/h1-5,14H,6-11H2. The molecule has 1 heterocycles. The van der Waals surface area contributed by atoms with Gasteiger partial charge in [-0.1, -0.05) is 30.3 Å². The molecule has 0 spiro atoms. The molecule has 6 nitrogen and oxygen atoms in total. The lowest BCUT2D eigenvalue weighted by atomic mass is 10.2. The Hall–Kier alpha value is -1.44. The number of hydrogen-bond donors (Lipinski definition) is 1. The molecule has 0 atom stereocenters. The first-order chi connectivity index (χ1) is 9.57. The zero-order valence-corrected chi connectivity index (χ0v) is 11.9. The minimum absolute atomic E-state index is 0.0328. The third-order valence-electron chi connectivity index (χ3n) is 3.02. The third kappa shape index (κ3) is 4.59. The Morgan fingerprint density at radius 1 is 1.25 bits per heavy atom. The maximum atomic E-state index is 11.9. The first-order valence-corrected chi connectivity index (χ1v) is 8.09. The summed E-state index contributed by atoms with van der Waals surface area (Å²) in [5, 5.41) is 0. The molecule has 1 fully saturated rings. The van der Waals surface area contributed by atoms with Crippen LogP contribution < -0.4 is 4.72 Å². The molecule has 110 valence electrons. The minimum Gasteiger partial charge on any atom is -0.367 e.